The number of benzene rings is 2. The van der Waals surface area contributed by atoms with Gasteiger partial charge in [-0.3, -0.25) is 10.1 Å². The maximum atomic E-state index is 13.0. The van der Waals surface area contributed by atoms with E-state index < -0.39 is 20.4 Å². The molecule has 3 amide bonds. The van der Waals surface area contributed by atoms with Crippen molar-refractivity contribution in [3.63, 3.8) is 0 Å². The summed E-state index contributed by atoms with van der Waals surface area (Å²) in [4.78, 5) is 53.5. The number of rotatable bonds is 9. The Labute approximate surface area is 236 Å². The fraction of sp³-hybridized carbons (Fsp3) is 0.414. The third-order valence-corrected chi connectivity index (χ3v) is 12.8. The fourth-order valence-corrected chi connectivity index (χ4v) is 6.68. The van der Waals surface area contributed by atoms with Crippen LogP contribution in [0.3, 0.4) is 0 Å². The largest absolute Gasteiger partial charge is 0.442 e. The van der Waals surface area contributed by atoms with Crippen molar-refractivity contribution < 1.29 is 28.7 Å². The molecular weight excluding hydrogens is 528 g/mol. The van der Waals surface area contributed by atoms with Crippen LogP contribution in [0.1, 0.15) is 40.0 Å². The molecule has 2 aromatic rings. The van der Waals surface area contributed by atoms with Crippen LogP contribution in [0.5, 0.6) is 11.5 Å². The van der Waals surface area contributed by atoms with Crippen LogP contribution in [0.2, 0.25) is 18.1 Å². The molecule has 2 atom stereocenters. The molecule has 0 aliphatic carbocycles. The third kappa shape index (κ3) is 7.78. The van der Waals surface area contributed by atoms with Gasteiger partial charge in [0.1, 0.15) is 17.8 Å². The number of carbonyl (C=O) groups excluding carboxylic acids is 4. The van der Waals surface area contributed by atoms with Gasteiger partial charge >= 0.3 is 12.2 Å². The number of carbonyl (C=O) groups is 4. The zero-order chi connectivity index (χ0) is 29.3. The number of para-hydroxylation sites is 2. The molecule has 2 aromatic carbocycles. The van der Waals surface area contributed by atoms with Gasteiger partial charge in [-0.05, 0) is 42.1 Å². The van der Waals surface area contributed by atoms with Gasteiger partial charge in [0, 0.05) is 6.54 Å². The van der Waals surface area contributed by atoms with Gasteiger partial charge in [0.05, 0.1) is 12.0 Å². The quantitative estimate of drug-likeness (QED) is 0.108. The monoisotopic (exact) mass is 566 g/mol. The molecule has 1 heterocycles. The van der Waals surface area contributed by atoms with E-state index in [0.29, 0.717) is 37.3 Å². The standard InChI is InChI=1S/C29H38N4O6Si/c1-29(2,3)40(4,5)33-24(20-34)23(25(33)35)18-12-13-19-30-26(31-27(36)38-21-14-8-6-9-15-21)32-28(37)39-22-16-10-7-11-17-22/h6-11,14-17,20,23-24H,12-13,18-19H2,1-5H3,(H2,30,31,32,36,37)/t23-,24-/m1/s1. The number of nitrogens with zero attached hydrogens (tertiary/aromatic N) is 2. The van der Waals surface area contributed by atoms with E-state index in [4.69, 9.17) is 9.47 Å². The Bertz CT molecular complexity index is 1210. The highest BCUT2D eigenvalue weighted by molar-refractivity contribution is 6.80. The number of aldehydes is 1. The second-order valence-electron chi connectivity index (χ2n) is 11.1. The van der Waals surface area contributed by atoms with Crippen molar-refractivity contribution in [2.24, 2.45) is 10.9 Å². The lowest BCUT2D eigenvalue weighted by molar-refractivity contribution is -0.151. The first-order chi connectivity index (χ1) is 18.9. The molecule has 0 spiro atoms. The zero-order valence-corrected chi connectivity index (χ0v) is 24.7. The van der Waals surface area contributed by atoms with E-state index in [1.807, 2.05) is 4.57 Å². The molecule has 11 heteroatoms. The van der Waals surface area contributed by atoms with E-state index in [9.17, 15) is 19.2 Å². The minimum Gasteiger partial charge on any atom is -0.410 e. The molecular formula is C29H38N4O6Si. The number of hydrogen-bond acceptors (Lipinski definition) is 6. The summed E-state index contributed by atoms with van der Waals surface area (Å²) < 4.78 is 12.3. The van der Waals surface area contributed by atoms with Gasteiger partial charge in [-0.25, -0.2) is 9.59 Å². The zero-order valence-electron chi connectivity index (χ0n) is 23.7. The van der Waals surface area contributed by atoms with Gasteiger partial charge in [-0.2, -0.15) is 0 Å². The highest BCUT2D eigenvalue weighted by Crippen LogP contribution is 2.45. The Balaban J connectivity index is 1.55. The maximum absolute atomic E-state index is 13.0. The van der Waals surface area contributed by atoms with Crippen LogP contribution in [0, 0.1) is 5.92 Å². The van der Waals surface area contributed by atoms with E-state index in [-0.39, 0.29) is 28.9 Å². The van der Waals surface area contributed by atoms with Gasteiger partial charge in [0.15, 0.2) is 8.24 Å². The SMILES string of the molecule is CC(C)(C)[Si](C)(C)N1C(=O)[C@H](CCCCNC(=NC(=O)Oc2ccccc2)NC(=O)Oc2ccccc2)[C@H]1C=O. The predicted octanol–water partition coefficient (Wildman–Crippen LogP) is 5.12. The van der Waals surface area contributed by atoms with Crippen LogP contribution in [-0.4, -0.2) is 55.7 Å². The Morgan fingerprint density at radius 2 is 1.55 bits per heavy atom. The van der Waals surface area contributed by atoms with E-state index in [2.05, 4.69) is 49.5 Å². The number of aliphatic imine (C=N–C) groups is 1. The van der Waals surface area contributed by atoms with Gasteiger partial charge in [-0.15, -0.1) is 4.99 Å². The number of ether oxygens (including phenoxy) is 2. The molecule has 3 rings (SSSR count). The molecule has 10 nitrogen and oxygen atoms in total. The highest BCUT2D eigenvalue weighted by Gasteiger charge is 2.56. The molecule has 40 heavy (non-hydrogen) atoms. The fourth-order valence-electron chi connectivity index (χ4n) is 4.26. The second-order valence-corrected chi connectivity index (χ2v) is 16.2. The first-order valence-electron chi connectivity index (χ1n) is 13.4. The molecule has 1 aliphatic rings. The average molecular weight is 567 g/mol. The van der Waals surface area contributed by atoms with E-state index in [1.165, 1.54) is 0 Å². The molecule has 0 bridgehead atoms. The van der Waals surface area contributed by atoms with Crippen LogP contribution >= 0.6 is 0 Å². The number of amides is 3. The normalized spacial score (nSPS) is 17.5. The first-order valence-corrected chi connectivity index (χ1v) is 16.3. The lowest BCUT2D eigenvalue weighted by Crippen LogP contribution is -2.73. The Morgan fingerprint density at radius 3 is 2.10 bits per heavy atom. The molecule has 1 saturated heterocycles. The summed E-state index contributed by atoms with van der Waals surface area (Å²) in [6.07, 6.45) is 0.988. The van der Waals surface area contributed by atoms with Crippen molar-refractivity contribution in [2.75, 3.05) is 6.54 Å². The first kappa shape index (κ1) is 30.5. The number of nitrogens with one attached hydrogen (secondary N) is 2. The van der Waals surface area contributed by atoms with E-state index in [0.717, 1.165) is 6.29 Å². The average Bonchev–Trinajstić information content (AvgIpc) is 2.89. The van der Waals surface area contributed by atoms with Gasteiger partial charge in [0.2, 0.25) is 11.9 Å². The van der Waals surface area contributed by atoms with Crippen molar-refractivity contribution in [1.82, 2.24) is 15.2 Å². The van der Waals surface area contributed by atoms with E-state index >= 15 is 0 Å². The van der Waals surface area contributed by atoms with E-state index in [1.54, 1.807) is 60.7 Å². The lowest BCUT2D eigenvalue weighted by atomic mass is 9.86. The van der Waals surface area contributed by atoms with Crippen LogP contribution < -0.4 is 20.1 Å². The van der Waals surface area contributed by atoms with Crippen molar-refractivity contribution in [2.45, 2.75) is 64.2 Å². The minimum atomic E-state index is -2.14. The van der Waals surface area contributed by atoms with Gasteiger partial charge in [-0.1, -0.05) is 76.7 Å². The molecule has 0 saturated carbocycles. The molecule has 1 fully saturated rings. The smallest absolute Gasteiger partial charge is 0.410 e. The van der Waals surface area contributed by atoms with Crippen LogP contribution in [0.25, 0.3) is 0 Å². The molecule has 0 unspecified atom stereocenters. The summed E-state index contributed by atoms with van der Waals surface area (Å²) in [6.45, 7) is 11.0. The summed E-state index contributed by atoms with van der Waals surface area (Å²) in [7, 11) is -2.14. The molecule has 214 valence electrons. The Kier molecular flexibility index (Phi) is 10.2. The maximum Gasteiger partial charge on any atom is 0.442 e. The van der Waals surface area contributed by atoms with Crippen molar-refractivity contribution >= 4 is 38.6 Å². The Hall–Kier alpha value is -3.99. The summed E-state index contributed by atoms with van der Waals surface area (Å²) in [5.74, 6) is 0.237. The van der Waals surface area contributed by atoms with Crippen LogP contribution in [0.4, 0.5) is 9.59 Å². The van der Waals surface area contributed by atoms with Gasteiger partial charge < -0.3 is 24.2 Å². The Morgan fingerprint density at radius 1 is 0.975 bits per heavy atom. The van der Waals surface area contributed by atoms with Crippen LogP contribution in [0.15, 0.2) is 65.7 Å². The number of unbranched alkanes of at least 4 members (excludes halogenated alkanes) is 1. The minimum absolute atomic E-state index is 0.0490. The predicted molar refractivity (Wildman–Crippen MR) is 155 cm³/mol. The van der Waals surface area contributed by atoms with Gasteiger partial charge in [0.25, 0.3) is 0 Å². The number of hydrogen-bond donors (Lipinski definition) is 2. The topological polar surface area (TPSA) is 126 Å². The summed E-state index contributed by atoms with van der Waals surface area (Å²) in [5, 5.41) is 5.32. The van der Waals surface area contributed by atoms with Crippen molar-refractivity contribution in [3.05, 3.63) is 60.7 Å². The summed E-state index contributed by atoms with van der Waals surface area (Å²) in [5.41, 5.74) is 0. The van der Waals surface area contributed by atoms with Crippen molar-refractivity contribution in [3.8, 4) is 11.5 Å². The molecule has 0 aromatic heterocycles. The molecule has 0 radical (unpaired) electrons. The summed E-state index contributed by atoms with van der Waals surface area (Å²) >= 11 is 0. The number of guanidine groups is 1. The second kappa shape index (κ2) is 13.4. The lowest BCUT2D eigenvalue weighted by Gasteiger charge is -2.56. The van der Waals surface area contributed by atoms with Crippen LogP contribution in [-0.2, 0) is 9.59 Å². The third-order valence-electron chi connectivity index (χ3n) is 7.40. The molecule has 2 N–H and O–H groups in total. The van der Waals surface area contributed by atoms with Crippen molar-refractivity contribution in [1.29, 1.82) is 0 Å². The highest BCUT2D eigenvalue weighted by atomic mass is 28.3. The number of β-lactam (4-membered cyclic amide) rings is 1. The molecule has 1 aliphatic heterocycles. The summed E-state index contributed by atoms with van der Waals surface area (Å²) in [6, 6.07) is 16.5.